The standard InChI is InChI=1S/C17H24O2/c18-17(9-13-5-3-1-2-4-6-13)14-7-8-15-11-19-12-16(15)10-14/h7-8,10,13,17-18H,1-6,9,11-12H2. The maximum Gasteiger partial charge on any atom is 0.0792 e. The molecule has 1 aliphatic carbocycles. The number of fused-ring (bicyclic) bond motifs is 1. The van der Waals surface area contributed by atoms with Crippen molar-refractivity contribution >= 4 is 0 Å². The van der Waals surface area contributed by atoms with E-state index in [0.29, 0.717) is 12.5 Å². The number of hydrogen-bond donors (Lipinski definition) is 1. The molecule has 1 atom stereocenters. The molecule has 1 N–H and O–H groups in total. The van der Waals surface area contributed by atoms with Crippen LogP contribution in [0.5, 0.6) is 0 Å². The van der Waals surface area contributed by atoms with E-state index in [0.717, 1.165) is 18.6 Å². The van der Waals surface area contributed by atoms with Gasteiger partial charge in [-0.05, 0) is 29.0 Å². The zero-order valence-corrected chi connectivity index (χ0v) is 11.6. The van der Waals surface area contributed by atoms with Crippen molar-refractivity contribution in [3.05, 3.63) is 34.9 Å². The van der Waals surface area contributed by atoms with E-state index in [-0.39, 0.29) is 6.10 Å². The number of rotatable bonds is 3. The number of benzene rings is 1. The van der Waals surface area contributed by atoms with Crippen LogP contribution in [0.3, 0.4) is 0 Å². The Morgan fingerprint density at radius 2 is 1.79 bits per heavy atom. The van der Waals surface area contributed by atoms with Gasteiger partial charge >= 0.3 is 0 Å². The van der Waals surface area contributed by atoms with Crippen LogP contribution in [-0.4, -0.2) is 5.11 Å². The van der Waals surface area contributed by atoms with Gasteiger partial charge in [0.2, 0.25) is 0 Å². The minimum atomic E-state index is -0.297. The van der Waals surface area contributed by atoms with E-state index < -0.39 is 0 Å². The lowest BCUT2D eigenvalue weighted by Gasteiger charge is -2.19. The van der Waals surface area contributed by atoms with Crippen molar-refractivity contribution < 1.29 is 9.84 Å². The van der Waals surface area contributed by atoms with Crippen LogP contribution < -0.4 is 0 Å². The minimum absolute atomic E-state index is 0.297. The van der Waals surface area contributed by atoms with Gasteiger partial charge in [-0.1, -0.05) is 56.7 Å². The molecule has 1 fully saturated rings. The lowest BCUT2D eigenvalue weighted by Crippen LogP contribution is -2.07. The molecule has 0 radical (unpaired) electrons. The first kappa shape index (κ1) is 13.1. The molecule has 0 amide bonds. The first-order valence-corrected chi connectivity index (χ1v) is 7.70. The van der Waals surface area contributed by atoms with Gasteiger partial charge in [0.05, 0.1) is 19.3 Å². The molecule has 0 saturated heterocycles. The number of hydrogen-bond acceptors (Lipinski definition) is 2. The van der Waals surface area contributed by atoms with Gasteiger partial charge in [-0.15, -0.1) is 0 Å². The van der Waals surface area contributed by atoms with Gasteiger partial charge in [0.25, 0.3) is 0 Å². The van der Waals surface area contributed by atoms with Gasteiger partial charge in [0.15, 0.2) is 0 Å². The van der Waals surface area contributed by atoms with Crippen LogP contribution in [0.4, 0.5) is 0 Å². The molecule has 2 heteroatoms. The summed E-state index contributed by atoms with van der Waals surface area (Å²) in [6.07, 6.45) is 8.67. The molecule has 0 spiro atoms. The normalized spacial score (nSPS) is 21.9. The average molecular weight is 260 g/mol. The zero-order chi connectivity index (χ0) is 13.1. The van der Waals surface area contributed by atoms with Crippen LogP contribution in [0, 0.1) is 5.92 Å². The molecule has 104 valence electrons. The van der Waals surface area contributed by atoms with E-state index in [1.165, 1.54) is 49.7 Å². The van der Waals surface area contributed by atoms with E-state index in [1.54, 1.807) is 0 Å². The molecule has 3 rings (SSSR count). The van der Waals surface area contributed by atoms with Crippen LogP contribution in [0.1, 0.15) is 67.7 Å². The Morgan fingerprint density at radius 1 is 1.05 bits per heavy atom. The Morgan fingerprint density at radius 3 is 2.58 bits per heavy atom. The van der Waals surface area contributed by atoms with Crippen LogP contribution in [-0.2, 0) is 18.0 Å². The molecule has 2 aliphatic rings. The first-order chi connectivity index (χ1) is 9.33. The van der Waals surface area contributed by atoms with Gasteiger partial charge in [0.1, 0.15) is 0 Å². The second-order valence-corrected chi connectivity index (χ2v) is 6.13. The minimum Gasteiger partial charge on any atom is -0.388 e. The lowest BCUT2D eigenvalue weighted by atomic mass is 9.90. The van der Waals surface area contributed by atoms with E-state index in [4.69, 9.17) is 4.74 Å². The molecule has 19 heavy (non-hydrogen) atoms. The van der Waals surface area contributed by atoms with E-state index >= 15 is 0 Å². The van der Waals surface area contributed by atoms with Gasteiger partial charge in [0, 0.05) is 0 Å². The van der Waals surface area contributed by atoms with Crippen molar-refractivity contribution in [1.82, 2.24) is 0 Å². The van der Waals surface area contributed by atoms with Crippen molar-refractivity contribution in [1.29, 1.82) is 0 Å². The monoisotopic (exact) mass is 260 g/mol. The van der Waals surface area contributed by atoms with Gasteiger partial charge < -0.3 is 9.84 Å². The second-order valence-electron chi connectivity index (χ2n) is 6.13. The third-order valence-electron chi connectivity index (χ3n) is 4.66. The summed E-state index contributed by atoms with van der Waals surface area (Å²) in [6.45, 7) is 1.44. The summed E-state index contributed by atoms with van der Waals surface area (Å²) in [6, 6.07) is 6.34. The number of ether oxygens (including phenoxy) is 1. The Labute approximate surface area is 115 Å². The van der Waals surface area contributed by atoms with Crippen molar-refractivity contribution in [2.45, 2.75) is 64.3 Å². The van der Waals surface area contributed by atoms with E-state index in [9.17, 15) is 5.11 Å². The molecule has 1 aromatic rings. The Hall–Kier alpha value is -0.860. The summed E-state index contributed by atoms with van der Waals surface area (Å²) in [7, 11) is 0. The molecule has 1 aliphatic heterocycles. The fraction of sp³-hybridized carbons (Fsp3) is 0.647. The highest BCUT2D eigenvalue weighted by Crippen LogP contribution is 2.32. The highest BCUT2D eigenvalue weighted by molar-refractivity contribution is 5.34. The second kappa shape index (κ2) is 6.06. The van der Waals surface area contributed by atoms with Gasteiger partial charge in [-0.25, -0.2) is 0 Å². The fourth-order valence-corrected chi connectivity index (χ4v) is 3.45. The summed E-state index contributed by atoms with van der Waals surface area (Å²) in [5.74, 6) is 0.710. The van der Waals surface area contributed by atoms with Crippen molar-refractivity contribution in [3.63, 3.8) is 0 Å². The number of aliphatic hydroxyl groups is 1. The van der Waals surface area contributed by atoms with E-state index in [2.05, 4.69) is 18.2 Å². The predicted octanol–water partition coefficient (Wildman–Crippen LogP) is 4.11. The summed E-state index contributed by atoms with van der Waals surface area (Å²) in [5, 5.41) is 10.5. The SMILES string of the molecule is OC(CC1CCCCCC1)c1ccc2c(c1)COC2. The quantitative estimate of drug-likeness (QED) is 0.829. The lowest BCUT2D eigenvalue weighted by molar-refractivity contribution is 0.133. The summed E-state index contributed by atoms with van der Waals surface area (Å²) < 4.78 is 5.43. The Balaban J connectivity index is 1.64. The number of aliphatic hydroxyl groups excluding tert-OH is 1. The van der Waals surface area contributed by atoms with Crippen LogP contribution in [0.2, 0.25) is 0 Å². The zero-order valence-electron chi connectivity index (χ0n) is 11.6. The Kier molecular flexibility index (Phi) is 4.19. The molecule has 2 nitrogen and oxygen atoms in total. The smallest absolute Gasteiger partial charge is 0.0792 e. The third kappa shape index (κ3) is 3.18. The highest BCUT2D eigenvalue weighted by Gasteiger charge is 2.19. The van der Waals surface area contributed by atoms with Gasteiger partial charge in [-0.2, -0.15) is 0 Å². The molecule has 0 aromatic heterocycles. The molecule has 1 saturated carbocycles. The first-order valence-electron chi connectivity index (χ1n) is 7.70. The van der Waals surface area contributed by atoms with Gasteiger partial charge in [-0.3, -0.25) is 0 Å². The topological polar surface area (TPSA) is 29.5 Å². The Bertz CT molecular complexity index is 419. The maximum absolute atomic E-state index is 10.5. The van der Waals surface area contributed by atoms with Crippen molar-refractivity contribution in [2.24, 2.45) is 5.92 Å². The molecular weight excluding hydrogens is 236 g/mol. The van der Waals surface area contributed by atoms with Crippen molar-refractivity contribution in [2.75, 3.05) is 0 Å². The predicted molar refractivity (Wildman–Crippen MR) is 75.7 cm³/mol. The molecule has 0 bridgehead atoms. The van der Waals surface area contributed by atoms with Crippen LogP contribution in [0.15, 0.2) is 18.2 Å². The molecule has 1 unspecified atom stereocenters. The molecule has 1 heterocycles. The summed E-state index contributed by atoms with van der Waals surface area (Å²) >= 11 is 0. The highest BCUT2D eigenvalue weighted by atomic mass is 16.5. The van der Waals surface area contributed by atoms with Crippen LogP contribution in [0.25, 0.3) is 0 Å². The molecule has 1 aromatic carbocycles. The van der Waals surface area contributed by atoms with Crippen molar-refractivity contribution in [3.8, 4) is 0 Å². The maximum atomic E-state index is 10.5. The largest absolute Gasteiger partial charge is 0.388 e. The van der Waals surface area contributed by atoms with E-state index in [1.807, 2.05) is 0 Å². The molecular formula is C17H24O2. The third-order valence-corrected chi connectivity index (χ3v) is 4.66. The fourth-order valence-electron chi connectivity index (χ4n) is 3.45. The summed E-state index contributed by atoms with van der Waals surface area (Å²) in [5.41, 5.74) is 3.62. The van der Waals surface area contributed by atoms with Crippen LogP contribution >= 0.6 is 0 Å². The summed E-state index contributed by atoms with van der Waals surface area (Å²) in [4.78, 5) is 0. The average Bonchev–Trinajstić information content (AvgIpc) is 2.75.